The summed E-state index contributed by atoms with van der Waals surface area (Å²) in [5.41, 5.74) is 0.894. The molecular weight excluding hydrogens is 242 g/mol. The van der Waals surface area contributed by atoms with Gasteiger partial charge in [0.1, 0.15) is 0 Å². The van der Waals surface area contributed by atoms with Crippen LogP contribution in [0, 0.1) is 0 Å². The zero-order valence-electron chi connectivity index (χ0n) is 9.33. The van der Waals surface area contributed by atoms with E-state index in [-0.39, 0.29) is 24.5 Å². The van der Waals surface area contributed by atoms with E-state index in [1.165, 1.54) is 6.92 Å². The van der Waals surface area contributed by atoms with Gasteiger partial charge in [0.05, 0.1) is 5.69 Å². The Kier molecular flexibility index (Phi) is 4.84. The van der Waals surface area contributed by atoms with E-state index >= 15 is 0 Å². The van der Waals surface area contributed by atoms with Gasteiger partial charge in [-0.3, -0.25) is 14.4 Å². The SMILES string of the molecule is CC(=O)c1ccccc1NC(=O)CCC(=O)Cl. The Balaban J connectivity index is 2.71. The first-order chi connectivity index (χ1) is 8.00. The fraction of sp³-hybridized carbons (Fsp3) is 0.250. The largest absolute Gasteiger partial charge is 0.325 e. The van der Waals surface area contributed by atoms with Gasteiger partial charge < -0.3 is 5.32 Å². The Labute approximate surface area is 104 Å². The van der Waals surface area contributed by atoms with Crippen molar-refractivity contribution in [2.45, 2.75) is 19.8 Å². The van der Waals surface area contributed by atoms with Crippen molar-refractivity contribution < 1.29 is 14.4 Å². The van der Waals surface area contributed by atoms with Crippen LogP contribution in [0.1, 0.15) is 30.1 Å². The van der Waals surface area contributed by atoms with E-state index in [1.807, 2.05) is 0 Å². The summed E-state index contributed by atoms with van der Waals surface area (Å²) in [7, 11) is 0. The number of benzene rings is 1. The molecular formula is C12H12ClNO3. The van der Waals surface area contributed by atoms with Gasteiger partial charge in [-0.25, -0.2) is 0 Å². The lowest BCUT2D eigenvalue weighted by molar-refractivity contribution is -0.119. The highest BCUT2D eigenvalue weighted by Gasteiger charge is 2.10. The molecule has 0 spiro atoms. The maximum atomic E-state index is 11.5. The molecule has 0 aliphatic heterocycles. The van der Waals surface area contributed by atoms with E-state index in [0.29, 0.717) is 11.3 Å². The van der Waals surface area contributed by atoms with Crippen LogP contribution in [0.25, 0.3) is 0 Å². The standard InChI is InChI=1S/C12H12ClNO3/c1-8(15)9-4-2-3-5-10(9)14-12(17)7-6-11(13)16/h2-5H,6-7H2,1H3,(H,14,17). The van der Waals surface area contributed by atoms with Crippen LogP contribution in [-0.2, 0) is 9.59 Å². The average Bonchev–Trinajstić information content (AvgIpc) is 2.27. The molecule has 90 valence electrons. The van der Waals surface area contributed by atoms with Gasteiger partial charge in [0, 0.05) is 18.4 Å². The summed E-state index contributed by atoms with van der Waals surface area (Å²) in [6.45, 7) is 1.42. The third-order valence-corrected chi connectivity index (χ3v) is 2.32. The number of Topliss-reactive ketones (excluding diaryl/α,β-unsaturated/α-hetero) is 1. The van der Waals surface area contributed by atoms with Crippen LogP contribution < -0.4 is 5.32 Å². The normalized spacial score (nSPS) is 9.76. The van der Waals surface area contributed by atoms with Gasteiger partial charge in [0.25, 0.3) is 0 Å². The van der Waals surface area contributed by atoms with Crippen LogP contribution in [-0.4, -0.2) is 16.9 Å². The fourth-order valence-corrected chi connectivity index (χ4v) is 1.42. The smallest absolute Gasteiger partial charge is 0.224 e. The minimum atomic E-state index is -0.556. The first-order valence-corrected chi connectivity index (χ1v) is 5.46. The number of hydrogen-bond acceptors (Lipinski definition) is 3. The molecule has 0 heterocycles. The molecule has 0 bridgehead atoms. The summed E-state index contributed by atoms with van der Waals surface area (Å²) in [5.74, 6) is -0.470. The molecule has 1 amide bonds. The van der Waals surface area contributed by atoms with Crippen molar-refractivity contribution in [2.24, 2.45) is 0 Å². The van der Waals surface area contributed by atoms with E-state index < -0.39 is 5.24 Å². The predicted octanol–water partition coefficient (Wildman–Crippen LogP) is 2.37. The van der Waals surface area contributed by atoms with E-state index in [1.54, 1.807) is 24.3 Å². The van der Waals surface area contributed by atoms with Gasteiger partial charge >= 0.3 is 0 Å². The summed E-state index contributed by atoms with van der Waals surface area (Å²) >= 11 is 5.13. The molecule has 0 unspecified atom stereocenters. The number of hydrogen-bond donors (Lipinski definition) is 1. The summed E-state index contributed by atoms with van der Waals surface area (Å²) < 4.78 is 0. The topological polar surface area (TPSA) is 63.2 Å². The Morgan fingerprint density at radius 3 is 2.41 bits per heavy atom. The molecule has 0 saturated heterocycles. The summed E-state index contributed by atoms with van der Waals surface area (Å²) in [5, 5.41) is 2.02. The lowest BCUT2D eigenvalue weighted by Crippen LogP contribution is -2.14. The van der Waals surface area contributed by atoms with Gasteiger partial charge in [-0.1, -0.05) is 12.1 Å². The molecule has 1 rings (SSSR count). The summed E-state index contributed by atoms with van der Waals surface area (Å²) in [6.07, 6.45) is -0.00972. The van der Waals surface area contributed by atoms with Crippen molar-refractivity contribution in [1.29, 1.82) is 0 Å². The maximum Gasteiger partial charge on any atom is 0.224 e. The van der Waals surface area contributed by atoms with Crippen LogP contribution in [0.2, 0.25) is 0 Å². The van der Waals surface area contributed by atoms with Gasteiger partial charge in [-0.05, 0) is 30.7 Å². The van der Waals surface area contributed by atoms with Crippen molar-refractivity contribution in [3.63, 3.8) is 0 Å². The molecule has 1 aromatic rings. The molecule has 0 fully saturated rings. The zero-order valence-corrected chi connectivity index (χ0v) is 10.1. The van der Waals surface area contributed by atoms with Gasteiger partial charge in [0.2, 0.25) is 11.1 Å². The van der Waals surface area contributed by atoms with Gasteiger partial charge in [-0.2, -0.15) is 0 Å². The van der Waals surface area contributed by atoms with Crippen molar-refractivity contribution in [3.8, 4) is 0 Å². The Bertz CT molecular complexity index is 457. The number of anilines is 1. The molecule has 1 N–H and O–H groups in total. The molecule has 0 aliphatic carbocycles. The predicted molar refractivity (Wildman–Crippen MR) is 65.2 cm³/mol. The lowest BCUT2D eigenvalue weighted by atomic mass is 10.1. The number of nitrogens with one attached hydrogen (secondary N) is 1. The molecule has 0 aromatic heterocycles. The monoisotopic (exact) mass is 253 g/mol. The van der Waals surface area contributed by atoms with Crippen molar-refractivity contribution in [3.05, 3.63) is 29.8 Å². The molecule has 4 nitrogen and oxygen atoms in total. The van der Waals surface area contributed by atoms with Crippen molar-refractivity contribution >= 4 is 34.2 Å². The van der Waals surface area contributed by atoms with E-state index in [0.717, 1.165) is 0 Å². The van der Waals surface area contributed by atoms with Crippen molar-refractivity contribution in [1.82, 2.24) is 0 Å². The highest BCUT2D eigenvalue weighted by atomic mass is 35.5. The fourth-order valence-electron chi connectivity index (χ4n) is 1.32. The van der Waals surface area contributed by atoms with E-state index in [9.17, 15) is 14.4 Å². The molecule has 5 heteroatoms. The van der Waals surface area contributed by atoms with Gasteiger partial charge in [0.15, 0.2) is 5.78 Å². The molecule has 17 heavy (non-hydrogen) atoms. The van der Waals surface area contributed by atoms with Crippen molar-refractivity contribution in [2.75, 3.05) is 5.32 Å². The quantitative estimate of drug-likeness (QED) is 0.647. The molecule has 0 saturated carbocycles. The van der Waals surface area contributed by atoms with Crippen LogP contribution in [0.15, 0.2) is 24.3 Å². The van der Waals surface area contributed by atoms with Gasteiger partial charge in [-0.15, -0.1) is 0 Å². The van der Waals surface area contributed by atoms with E-state index in [4.69, 9.17) is 11.6 Å². The lowest BCUT2D eigenvalue weighted by Gasteiger charge is -2.08. The number of para-hydroxylation sites is 1. The molecule has 0 radical (unpaired) electrons. The second kappa shape index (κ2) is 6.15. The number of halogens is 1. The number of carbonyl (C=O) groups is 3. The van der Waals surface area contributed by atoms with Crippen LogP contribution in [0.3, 0.4) is 0 Å². The molecule has 0 atom stereocenters. The first-order valence-electron chi connectivity index (χ1n) is 5.09. The number of ketones is 1. The van der Waals surface area contributed by atoms with Crippen LogP contribution >= 0.6 is 11.6 Å². The Morgan fingerprint density at radius 2 is 1.82 bits per heavy atom. The third-order valence-electron chi connectivity index (χ3n) is 2.13. The Morgan fingerprint density at radius 1 is 1.18 bits per heavy atom. The highest BCUT2D eigenvalue weighted by Crippen LogP contribution is 2.16. The zero-order chi connectivity index (χ0) is 12.8. The Hall–Kier alpha value is -1.68. The molecule has 1 aromatic carbocycles. The second-order valence-electron chi connectivity index (χ2n) is 3.51. The minimum Gasteiger partial charge on any atom is -0.325 e. The van der Waals surface area contributed by atoms with E-state index in [2.05, 4.69) is 5.32 Å². The summed E-state index contributed by atoms with van der Waals surface area (Å²) in [4.78, 5) is 33.3. The highest BCUT2D eigenvalue weighted by molar-refractivity contribution is 6.63. The average molecular weight is 254 g/mol. The second-order valence-corrected chi connectivity index (χ2v) is 3.93. The minimum absolute atomic E-state index is 0.00850. The number of rotatable bonds is 5. The summed E-state index contributed by atoms with van der Waals surface area (Å²) in [6, 6.07) is 6.70. The first kappa shape index (κ1) is 13.4. The number of carbonyl (C=O) groups excluding carboxylic acids is 3. The van der Waals surface area contributed by atoms with Crippen LogP contribution in [0.4, 0.5) is 5.69 Å². The van der Waals surface area contributed by atoms with Crippen LogP contribution in [0.5, 0.6) is 0 Å². The number of amides is 1. The third kappa shape index (κ3) is 4.36. The maximum absolute atomic E-state index is 11.5. The molecule has 0 aliphatic rings.